The number of hydrogen-bond donors (Lipinski definition) is 1. The molecule has 4 atom stereocenters. The Bertz CT molecular complexity index is 1120. The number of piperidine rings is 1. The number of amidine groups is 1. The van der Waals surface area contributed by atoms with Gasteiger partial charge in [-0.05, 0) is 85.0 Å². The van der Waals surface area contributed by atoms with Gasteiger partial charge in [0.05, 0.1) is 19.7 Å². The fourth-order valence-electron chi connectivity index (χ4n) is 5.96. The number of carbonyl (C=O) groups excluding carboxylic acids is 3. The molecule has 0 aromatic heterocycles. The molecule has 0 unspecified atom stereocenters. The second kappa shape index (κ2) is 14.9. The number of ether oxygens (including phenoxy) is 3. The van der Waals surface area contributed by atoms with E-state index in [-0.39, 0.29) is 31.1 Å². The minimum atomic E-state index is -0.875. The van der Waals surface area contributed by atoms with E-state index in [9.17, 15) is 14.4 Å². The zero-order valence-corrected chi connectivity index (χ0v) is 26.4. The van der Waals surface area contributed by atoms with Crippen LogP contribution in [-0.4, -0.2) is 109 Å². The number of carbonyl (C=O) groups is 3. The van der Waals surface area contributed by atoms with Crippen molar-refractivity contribution in [1.29, 1.82) is 0 Å². The van der Waals surface area contributed by atoms with Crippen LogP contribution in [0.15, 0.2) is 35.3 Å². The first-order valence-electron chi connectivity index (χ1n) is 15.7. The number of hydrogen-bond acceptors (Lipinski definition) is 9. The third kappa shape index (κ3) is 9.08. The second-order valence-electron chi connectivity index (χ2n) is 12.7. The highest BCUT2D eigenvalue weighted by molar-refractivity contribution is 5.90. The van der Waals surface area contributed by atoms with Gasteiger partial charge in [0.2, 0.25) is 5.91 Å². The quantitative estimate of drug-likeness (QED) is 0.338. The van der Waals surface area contributed by atoms with Crippen molar-refractivity contribution in [2.24, 2.45) is 4.99 Å². The number of piperazine rings is 1. The highest BCUT2D eigenvalue weighted by atomic mass is 16.6. The van der Waals surface area contributed by atoms with Gasteiger partial charge in [0.15, 0.2) is 0 Å². The molecule has 0 saturated carbocycles. The maximum absolute atomic E-state index is 14.0. The minimum Gasteiger partial charge on any atom is -0.467 e. The first-order chi connectivity index (χ1) is 20.6. The van der Waals surface area contributed by atoms with Gasteiger partial charge in [-0.15, -0.1) is 0 Å². The molecule has 2 saturated heterocycles. The third-order valence-corrected chi connectivity index (χ3v) is 8.17. The molecule has 238 valence electrons. The van der Waals surface area contributed by atoms with Crippen molar-refractivity contribution in [3.63, 3.8) is 0 Å². The SMILES string of the molecule is COC(=O)[C@@H]1CN(C2=N[C@@H](C)[C@H](c3ccccc3)O2)CCN1C(=O)[C@@H](CCCCN1CCCCC1)NC(=O)OC(C)(C)C. The Labute approximate surface area is 255 Å². The summed E-state index contributed by atoms with van der Waals surface area (Å²) in [5, 5.41) is 2.80. The van der Waals surface area contributed by atoms with Crippen LogP contribution in [0.25, 0.3) is 0 Å². The molecule has 0 aliphatic carbocycles. The fourth-order valence-corrected chi connectivity index (χ4v) is 5.96. The van der Waals surface area contributed by atoms with Crippen molar-refractivity contribution in [2.45, 2.75) is 96.1 Å². The lowest BCUT2D eigenvalue weighted by Gasteiger charge is -2.41. The lowest BCUT2D eigenvalue weighted by molar-refractivity contribution is -0.156. The van der Waals surface area contributed by atoms with E-state index in [2.05, 4.69) is 10.2 Å². The smallest absolute Gasteiger partial charge is 0.408 e. The van der Waals surface area contributed by atoms with E-state index in [1.54, 1.807) is 20.8 Å². The summed E-state index contributed by atoms with van der Waals surface area (Å²) in [6, 6.07) is 8.59. The molecule has 4 rings (SSSR count). The third-order valence-electron chi connectivity index (χ3n) is 8.17. The van der Waals surface area contributed by atoms with Gasteiger partial charge < -0.3 is 34.2 Å². The van der Waals surface area contributed by atoms with Gasteiger partial charge in [-0.1, -0.05) is 36.8 Å². The van der Waals surface area contributed by atoms with E-state index < -0.39 is 29.7 Å². The van der Waals surface area contributed by atoms with Crippen LogP contribution in [0.3, 0.4) is 0 Å². The van der Waals surface area contributed by atoms with E-state index in [0.29, 0.717) is 19.0 Å². The van der Waals surface area contributed by atoms with Gasteiger partial charge in [0.25, 0.3) is 6.02 Å². The highest BCUT2D eigenvalue weighted by Crippen LogP contribution is 2.30. The van der Waals surface area contributed by atoms with E-state index in [4.69, 9.17) is 19.2 Å². The van der Waals surface area contributed by atoms with Crippen molar-refractivity contribution in [1.82, 2.24) is 20.0 Å². The molecule has 0 bridgehead atoms. The molecular formula is C32H49N5O6. The normalized spacial score (nSPS) is 23.7. The number of amides is 2. The average molecular weight is 600 g/mol. The number of aliphatic imine (C=N–C) groups is 1. The van der Waals surface area contributed by atoms with Gasteiger partial charge in [-0.25, -0.2) is 14.6 Å². The Balaban J connectivity index is 1.43. The van der Waals surface area contributed by atoms with E-state index in [1.165, 1.54) is 31.3 Å². The van der Waals surface area contributed by atoms with Crippen LogP contribution in [-0.2, 0) is 23.8 Å². The van der Waals surface area contributed by atoms with Crippen LogP contribution in [0.1, 0.15) is 77.9 Å². The minimum absolute atomic E-state index is 0.0963. The van der Waals surface area contributed by atoms with Gasteiger partial charge in [0.1, 0.15) is 23.8 Å². The summed E-state index contributed by atoms with van der Waals surface area (Å²) in [5.74, 6) is -0.839. The summed E-state index contributed by atoms with van der Waals surface area (Å²) in [7, 11) is 1.32. The molecule has 1 N–H and O–H groups in total. The number of benzene rings is 1. The first kappa shape index (κ1) is 32.6. The van der Waals surface area contributed by atoms with Crippen molar-refractivity contribution < 1.29 is 28.6 Å². The van der Waals surface area contributed by atoms with E-state index >= 15 is 0 Å². The van der Waals surface area contributed by atoms with Crippen molar-refractivity contribution in [3.05, 3.63) is 35.9 Å². The van der Waals surface area contributed by atoms with Crippen LogP contribution in [0.5, 0.6) is 0 Å². The Hall–Kier alpha value is -3.34. The molecule has 11 heteroatoms. The number of unbranched alkanes of at least 4 members (excludes halogenated alkanes) is 1. The number of rotatable bonds is 9. The maximum atomic E-state index is 14.0. The van der Waals surface area contributed by atoms with Crippen LogP contribution < -0.4 is 5.32 Å². The Morgan fingerprint density at radius 1 is 1.05 bits per heavy atom. The van der Waals surface area contributed by atoms with Gasteiger partial charge in [-0.3, -0.25) is 4.79 Å². The number of alkyl carbamates (subject to hydrolysis) is 1. The second-order valence-corrected chi connectivity index (χ2v) is 12.7. The molecule has 0 spiro atoms. The number of nitrogens with zero attached hydrogens (tertiary/aromatic N) is 4. The highest BCUT2D eigenvalue weighted by Gasteiger charge is 2.42. The largest absolute Gasteiger partial charge is 0.467 e. The van der Waals surface area contributed by atoms with Crippen molar-refractivity contribution in [3.8, 4) is 0 Å². The molecule has 3 aliphatic rings. The van der Waals surface area contributed by atoms with E-state index in [0.717, 1.165) is 38.0 Å². The predicted octanol–water partition coefficient (Wildman–Crippen LogP) is 3.74. The summed E-state index contributed by atoms with van der Waals surface area (Å²) >= 11 is 0. The zero-order chi connectivity index (χ0) is 31.0. The standard InChI is InChI=1S/C32H49N5O6/c1-23-27(24-14-8-6-9-15-24)42-30(33-23)36-20-21-37(26(22-36)29(39)41-5)28(38)25(34-31(40)43-32(2,3)4)16-10-13-19-35-17-11-7-12-18-35/h6,8-9,14-15,23,25-27H,7,10-13,16-22H2,1-5H3,(H,34,40)/t23-,25+,26-,27+/m0/s1. The topological polar surface area (TPSA) is 113 Å². The molecule has 1 aromatic rings. The number of likely N-dealkylation sites (tertiary alicyclic amines) is 1. The van der Waals surface area contributed by atoms with E-state index in [1.807, 2.05) is 42.2 Å². The van der Waals surface area contributed by atoms with Crippen molar-refractivity contribution in [2.75, 3.05) is 46.4 Å². The zero-order valence-electron chi connectivity index (χ0n) is 26.4. The van der Waals surface area contributed by atoms with Crippen LogP contribution in [0.2, 0.25) is 0 Å². The van der Waals surface area contributed by atoms with Crippen LogP contribution in [0, 0.1) is 0 Å². The first-order valence-corrected chi connectivity index (χ1v) is 15.7. The summed E-state index contributed by atoms with van der Waals surface area (Å²) in [4.78, 5) is 50.4. The van der Waals surface area contributed by atoms with Gasteiger partial charge in [-0.2, -0.15) is 0 Å². The Morgan fingerprint density at radius 2 is 1.77 bits per heavy atom. The summed E-state index contributed by atoms with van der Waals surface area (Å²) in [5.41, 5.74) is 0.325. The Kier molecular flexibility index (Phi) is 11.3. The summed E-state index contributed by atoms with van der Waals surface area (Å²) < 4.78 is 16.9. The summed E-state index contributed by atoms with van der Waals surface area (Å²) in [6.07, 6.45) is 5.00. The maximum Gasteiger partial charge on any atom is 0.408 e. The Morgan fingerprint density at radius 3 is 2.44 bits per heavy atom. The summed E-state index contributed by atoms with van der Waals surface area (Å²) in [6.45, 7) is 11.4. The predicted molar refractivity (Wildman–Crippen MR) is 164 cm³/mol. The van der Waals surface area contributed by atoms with Crippen molar-refractivity contribution >= 4 is 24.0 Å². The monoisotopic (exact) mass is 599 g/mol. The number of esters is 1. The number of methoxy groups -OCH3 is 1. The van der Waals surface area contributed by atoms with Crippen LogP contribution in [0.4, 0.5) is 4.79 Å². The molecule has 1 aromatic carbocycles. The number of nitrogens with one attached hydrogen (secondary N) is 1. The lowest BCUT2D eigenvalue weighted by atomic mass is 10.0. The molecule has 3 heterocycles. The van der Waals surface area contributed by atoms with Crippen LogP contribution >= 0.6 is 0 Å². The molecule has 3 aliphatic heterocycles. The lowest BCUT2D eigenvalue weighted by Crippen LogP contribution is -2.63. The average Bonchev–Trinajstić information content (AvgIpc) is 3.39. The van der Waals surface area contributed by atoms with Gasteiger partial charge >= 0.3 is 12.1 Å². The van der Waals surface area contributed by atoms with Gasteiger partial charge in [0, 0.05) is 13.1 Å². The molecule has 2 amide bonds. The fraction of sp³-hybridized carbons (Fsp3) is 0.688. The molecule has 43 heavy (non-hydrogen) atoms. The molecule has 2 fully saturated rings. The molecule has 11 nitrogen and oxygen atoms in total. The molecular weight excluding hydrogens is 550 g/mol. The molecule has 0 radical (unpaired) electrons.